The van der Waals surface area contributed by atoms with E-state index in [1.807, 2.05) is 0 Å². The molecular formula is C14H18ClF3N2O2. The van der Waals surface area contributed by atoms with Gasteiger partial charge in [-0.15, -0.1) is 25.6 Å². The van der Waals surface area contributed by atoms with Crippen LogP contribution in [0.2, 0.25) is 0 Å². The monoisotopic (exact) mass is 338 g/mol. The molecule has 1 amide bonds. The number of carbonyl (C=O) groups excluding carboxylic acids is 1. The van der Waals surface area contributed by atoms with Crippen molar-refractivity contribution in [2.75, 3.05) is 13.1 Å². The number of hydrogen-bond acceptors (Lipinski definition) is 3. The Morgan fingerprint density at radius 2 is 1.91 bits per heavy atom. The van der Waals surface area contributed by atoms with Crippen LogP contribution in [0.5, 0.6) is 5.75 Å². The van der Waals surface area contributed by atoms with E-state index in [0.29, 0.717) is 5.56 Å². The molecule has 0 atom stereocenters. The van der Waals surface area contributed by atoms with Gasteiger partial charge >= 0.3 is 6.36 Å². The van der Waals surface area contributed by atoms with Crippen LogP contribution in [0.3, 0.4) is 0 Å². The Kier molecular flexibility index (Phi) is 6.96. The second-order valence-corrected chi connectivity index (χ2v) is 4.90. The van der Waals surface area contributed by atoms with Gasteiger partial charge in [-0.25, -0.2) is 0 Å². The van der Waals surface area contributed by atoms with E-state index in [-0.39, 0.29) is 36.5 Å². The Bertz CT molecular complexity index is 491. The van der Waals surface area contributed by atoms with Crippen molar-refractivity contribution in [1.29, 1.82) is 0 Å². The smallest absolute Gasteiger partial charge is 0.405 e. The molecule has 0 unspecified atom stereocenters. The topological polar surface area (TPSA) is 50.4 Å². The van der Waals surface area contributed by atoms with Crippen LogP contribution in [0.15, 0.2) is 24.3 Å². The Morgan fingerprint density at radius 3 is 2.55 bits per heavy atom. The van der Waals surface area contributed by atoms with Gasteiger partial charge in [0, 0.05) is 18.0 Å². The molecule has 0 saturated carbocycles. The molecule has 1 aliphatic rings. The Morgan fingerprint density at radius 1 is 1.27 bits per heavy atom. The minimum absolute atomic E-state index is 0. The molecule has 1 aromatic carbocycles. The van der Waals surface area contributed by atoms with Crippen LogP contribution in [-0.4, -0.2) is 25.4 Å². The van der Waals surface area contributed by atoms with Gasteiger partial charge in [0.1, 0.15) is 5.75 Å². The molecule has 0 spiro atoms. The number of ether oxygens (including phenoxy) is 1. The third-order valence-corrected chi connectivity index (χ3v) is 3.36. The highest BCUT2D eigenvalue weighted by molar-refractivity contribution is 5.85. The van der Waals surface area contributed by atoms with Crippen LogP contribution in [0.4, 0.5) is 13.2 Å². The molecule has 0 aromatic heterocycles. The van der Waals surface area contributed by atoms with E-state index in [1.165, 1.54) is 18.2 Å². The van der Waals surface area contributed by atoms with E-state index >= 15 is 0 Å². The largest absolute Gasteiger partial charge is 0.573 e. The van der Waals surface area contributed by atoms with E-state index in [1.54, 1.807) is 6.07 Å². The molecule has 4 nitrogen and oxygen atoms in total. The van der Waals surface area contributed by atoms with Crippen molar-refractivity contribution in [3.8, 4) is 5.75 Å². The van der Waals surface area contributed by atoms with Crippen molar-refractivity contribution >= 4 is 18.3 Å². The number of rotatable bonds is 4. The number of nitrogens with one attached hydrogen (secondary N) is 2. The second-order valence-electron chi connectivity index (χ2n) is 4.90. The summed E-state index contributed by atoms with van der Waals surface area (Å²) in [6.07, 6.45) is -3.26. The van der Waals surface area contributed by atoms with Crippen molar-refractivity contribution in [1.82, 2.24) is 10.6 Å². The summed E-state index contributed by atoms with van der Waals surface area (Å²) >= 11 is 0. The zero-order valence-electron chi connectivity index (χ0n) is 11.8. The molecule has 124 valence electrons. The standard InChI is InChI=1S/C14H17F3N2O2.ClH/c15-14(16,17)21-12-4-2-1-3-11(12)9-19-13(20)10-5-7-18-8-6-10;/h1-4,10,18H,5-9H2,(H,19,20);1H. The molecule has 0 radical (unpaired) electrons. The minimum Gasteiger partial charge on any atom is -0.405 e. The molecule has 1 saturated heterocycles. The van der Waals surface area contributed by atoms with Crippen molar-refractivity contribution in [2.24, 2.45) is 5.92 Å². The first kappa shape index (κ1) is 18.6. The molecular weight excluding hydrogens is 321 g/mol. The number of carbonyl (C=O) groups is 1. The van der Waals surface area contributed by atoms with Gasteiger partial charge in [0.25, 0.3) is 0 Å². The molecule has 0 aliphatic carbocycles. The van der Waals surface area contributed by atoms with Crippen LogP contribution in [0.1, 0.15) is 18.4 Å². The summed E-state index contributed by atoms with van der Waals surface area (Å²) in [5, 5.41) is 5.83. The Hall–Kier alpha value is -1.47. The number of halogens is 4. The van der Waals surface area contributed by atoms with Crippen molar-refractivity contribution in [3.63, 3.8) is 0 Å². The number of benzene rings is 1. The van der Waals surface area contributed by atoms with Gasteiger partial charge < -0.3 is 15.4 Å². The number of para-hydroxylation sites is 1. The minimum atomic E-state index is -4.74. The number of amides is 1. The van der Waals surface area contributed by atoms with Crippen molar-refractivity contribution < 1.29 is 22.7 Å². The Labute approximate surface area is 132 Å². The molecule has 8 heteroatoms. The first-order valence-corrected chi connectivity index (χ1v) is 6.78. The maximum atomic E-state index is 12.3. The van der Waals surface area contributed by atoms with Gasteiger partial charge in [-0.05, 0) is 32.0 Å². The van der Waals surface area contributed by atoms with Crippen molar-refractivity contribution in [3.05, 3.63) is 29.8 Å². The van der Waals surface area contributed by atoms with Gasteiger partial charge in [0.15, 0.2) is 0 Å². The molecule has 22 heavy (non-hydrogen) atoms. The zero-order chi connectivity index (χ0) is 15.3. The summed E-state index contributed by atoms with van der Waals surface area (Å²) in [4.78, 5) is 12.0. The fourth-order valence-electron chi connectivity index (χ4n) is 2.28. The van der Waals surface area contributed by atoms with Crippen LogP contribution in [0, 0.1) is 5.92 Å². The SMILES string of the molecule is Cl.O=C(NCc1ccccc1OC(F)(F)F)C1CCNCC1. The summed E-state index contributed by atoms with van der Waals surface area (Å²) in [7, 11) is 0. The lowest BCUT2D eigenvalue weighted by molar-refractivity contribution is -0.274. The van der Waals surface area contributed by atoms with Crippen molar-refractivity contribution in [2.45, 2.75) is 25.7 Å². The highest BCUT2D eigenvalue weighted by Crippen LogP contribution is 2.26. The van der Waals surface area contributed by atoms with Gasteiger partial charge in [-0.1, -0.05) is 18.2 Å². The number of alkyl halides is 3. The van der Waals surface area contributed by atoms with Gasteiger partial charge in [-0.3, -0.25) is 4.79 Å². The lowest BCUT2D eigenvalue weighted by atomic mass is 9.97. The molecule has 2 N–H and O–H groups in total. The van der Waals surface area contributed by atoms with Gasteiger partial charge in [-0.2, -0.15) is 0 Å². The zero-order valence-corrected chi connectivity index (χ0v) is 12.6. The fraction of sp³-hybridized carbons (Fsp3) is 0.500. The quantitative estimate of drug-likeness (QED) is 0.887. The van der Waals surface area contributed by atoms with E-state index in [2.05, 4.69) is 15.4 Å². The van der Waals surface area contributed by atoms with Crippen LogP contribution >= 0.6 is 12.4 Å². The summed E-state index contributed by atoms with van der Waals surface area (Å²) in [5.41, 5.74) is 0.303. The maximum absolute atomic E-state index is 12.3. The lowest BCUT2D eigenvalue weighted by Crippen LogP contribution is -2.38. The highest BCUT2D eigenvalue weighted by Gasteiger charge is 2.32. The normalized spacial score (nSPS) is 15.8. The van der Waals surface area contributed by atoms with Gasteiger partial charge in [0.05, 0.1) is 0 Å². The van der Waals surface area contributed by atoms with Crippen LogP contribution in [0.25, 0.3) is 0 Å². The first-order chi connectivity index (χ1) is 9.96. The molecule has 1 aromatic rings. The average Bonchev–Trinajstić information content (AvgIpc) is 2.45. The summed E-state index contributed by atoms with van der Waals surface area (Å²) in [6, 6.07) is 5.80. The van der Waals surface area contributed by atoms with E-state index in [9.17, 15) is 18.0 Å². The predicted molar refractivity (Wildman–Crippen MR) is 77.8 cm³/mol. The summed E-state index contributed by atoms with van der Waals surface area (Å²) < 4.78 is 40.8. The Balaban J connectivity index is 0.00000242. The third kappa shape index (κ3) is 5.73. The van der Waals surface area contributed by atoms with Crippen LogP contribution < -0.4 is 15.4 Å². The fourth-order valence-corrected chi connectivity index (χ4v) is 2.28. The second kappa shape index (κ2) is 8.24. The summed E-state index contributed by atoms with van der Waals surface area (Å²) in [5.74, 6) is -0.490. The summed E-state index contributed by atoms with van der Waals surface area (Å²) in [6.45, 7) is 1.59. The van der Waals surface area contributed by atoms with Crippen LogP contribution in [-0.2, 0) is 11.3 Å². The lowest BCUT2D eigenvalue weighted by Gasteiger charge is -2.22. The third-order valence-electron chi connectivity index (χ3n) is 3.36. The maximum Gasteiger partial charge on any atom is 0.573 e. The highest BCUT2D eigenvalue weighted by atomic mass is 35.5. The number of hydrogen-bond donors (Lipinski definition) is 2. The van der Waals surface area contributed by atoms with E-state index in [4.69, 9.17) is 0 Å². The molecule has 2 rings (SSSR count). The first-order valence-electron chi connectivity index (χ1n) is 6.78. The van der Waals surface area contributed by atoms with E-state index < -0.39 is 6.36 Å². The number of piperidine rings is 1. The molecule has 0 bridgehead atoms. The molecule has 1 fully saturated rings. The predicted octanol–water partition coefficient (Wildman–Crippen LogP) is 2.62. The average molecular weight is 339 g/mol. The van der Waals surface area contributed by atoms with Gasteiger partial charge in [0.2, 0.25) is 5.91 Å². The molecule has 1 aliphatic heterocycles. The molecule has 1 heterocycles. The van der Waals surface area contributed by atoms with E-state index in [0.717, 1.165) is 25.9 Å².